The molecule has 0 N–H and O–H groups in total. The van der Waals surface area contributed by atoms with Crippen LogP contribution in [0.5, 0.6) is 0 Å². The Hall–Kier alpha value is -1.40. The van der Waals surface area contributed by atoms with Gasteiger partial charge in [0.25, 0.3) is 0 Å². The largest absolute Gasteiger partial charge is 0.340 e. The van der Waals surface area contributed by atoms with Crippen molar-refractivity contribution >= 4 is 15.9 Å². The van der Waals surface area contributed by atoms with E-state index in [1.807, 2.05) is 23.1 Å². The first-order valence-electron chi connectivity index (χ1n) is 9.35. The second-order valence-corrected chi connectivity index (χ2v) is 9.15. The maximum Gasteiger partial charge on any atom is 0.223 e. The van der Waals surface area contributed by atoms with Crippen molar-refractivity contribution in [2.24, 2.45) is 0 Å². The lowest BCUT2D eigenvalue weighted by molar-refractivity contribution is -0.134. The fourth-order valence-corrected chi connectivity index (χ4v) is 5.35. The average molecular weight is 365 g/mol. The van der Waals surface area contributed by atoms with E-state index in [0.29, 0.717) is 13.1 Å². The summed E-state index contributed by atoms with van der Waals surface area (Å²) in [5.74, 6) is -0.0893. The van der Waals surface area contributed by atoms with Crippen molar-refractivity contribution in [3.8, 4) is 0 Å². The molecule has 0 saturated carbocycles. The smallest absolute Gasteiger partial charge is 0.223 e. The summed E-state index contributed by atoms with van der Waals surface area (Å²) < 4.78 is 26.9. The van der Waals surface area contributed by atoms with Gasteiger partial charge >= 0.3 is 0 Å². The van der Waals surface area contributed by atoms with E-state index in [2.05, 4.69) is 13.0 Å². The number of hydrogen-bond acceptors (Lipinski definition) is 3. The minimum Gasteiger partial charge on any atom is -0.340 e. The molecule has 0 spiro atoms. The zero-order valence-corrected chi connectivity index (χ0v) is 15.8. The molecule has 1 saturated heterocycles. The van der Waals surface area contributed by atoms with Gasteiger partial charge in [-0.05, 0) is 43.2 Å². The lowest BCUT2D eigenvalue weighted by Crippen LogP contribution is -2.44. The van der Waals surface area contributed by atoms with Gasteiger partial charge in [-0.2, -0.15) is 4.31 Å². The second kappa shape index (κ2) is 7.87. The number of carbonyl (C=O) groups is 1. The number of amides is 1. The van der Waals surface area contributed by atoms with Gasteiger partial charge < -0.3 is 4.90 Å². The molecule has 3 rings (SSSR count). The number of carbonyl (C=O) groups excluding carboxylic acids is 1. The maximum absolute atomic E-state index is 12.7. The molecular weight excluding hydrogens is 336 g/mol. The second-order valence-electron chi connectivity index (χ2n) is 7.06. The summed E-state index contributed by atoms with van der Waals surface area (Å²) in [5, 5.41) is 0. The molecular formula is C19H28N2O3S. The van der Waals surface area contributed by atoms with Crippen LogP contribution < -0.4 is 0 Å². The van der Waals surface area contributed by atoms with E-state index >= 15 is 0 Å². The molecule has 0 aromatic heterocycles. The number of rotatable bonds is 5. The Morgan fingerprint density at radius 1 is 1.16 bits per heavy atom. The molecule has 0 radical (unpaired) electrons. The first-order chi connectivity index (χ1) is 12.0. The van der Waals surface area contributed by atoms with Crippen LogP contribution >= 0.6 is 0 Å². The minimum absolute atomic E-state index is 0.00691. The number of sulfonamides is 1. The van der Waals surface area contributed by atoms with Crippen LogP contribution in [0.15, 0.2) is 24.3 Å². The Bertz CT molecular complexity index is 717. The van der Waals surface area contributed by atoms with Crippen molar-refractivity contribution in [2.45, 2.75) is 58.0 Å². The SMILES string of the molecule is CCC1CCCCN1C(=O)CCS(=O)(=O)N1CCc2ccccc2C1. The number of nitrogens with zero attached hydrogens (tertiary/aromatic N) is 2. The zero-order valence-electron chi connectivity index (χ0n) is 15.0. The first kappa shape index (κ1) is 18.4. The summed E-state index contributed by atoms with van der Waals surface area (Å²) in [4.78, 5) is 14.4. The van der Waals surface area contributed by atoms with Gasteiger partial charge in [0, 0.05) is 32.1 Å². The third-order valence-corrected chi connectivity index (χ3v) is 7.30. The predicted octanol–water partition coefficient (Wildman–Crippen LogP) is 2.56. The van der Waals surface area contributed by atoms with Gasteiger partial charge in [0.05, 0.1) is 5.75 Å². The van der Waals surface area contributed by atoms with Gasteiger partial charge in [-0.25, -0.2) is 8.42 Å². The molecule has 138 valence electrons. The Balaban J connectivity index is 1.59. The van der Waals surface area contributed by atoms with E-state index in [1.54, 1.807) is 0 Å². The Morgan fingerprint density at radius 2 is 1.92 bits per heavy atom. The molecule has 1 amide bonds. The molecule has 0 aliphatic carbocycles. The summed E-state index contributed by atoms with van der Waals surface area (Å²) >= 11 is 0. The number of likely N-dealkylation sites (tertiary alicyclic amines) is 1. The fourth-order valence-electron chi connectivity index (χ4n) is 3.95. The minimum atomic E-state index is -3.40. The molecule has 5 nitrogen and oxygen atoms in total. The van der Waals surface area contributed by atoms with Crippen molar-refractivity contribution in [1.29, 1.82) is 0 Å². The highest BCUT2D eigenvalue weighted by atomic mass is 32.2. The van der Waals surface area contributed by atoms with Crippen LogP contribution in [-0.4, -0.2) is 48.4 Å². The highest BCUT2D eigenvalue weighted by Gasteiger charge is 2.30. The van der Waals surface area contributed by atoms with Crippen LogP contribution in [0, 0.1) is 0 Å². The van der Waals surface area contributed by atoms with Gasteiger partial charge in [-0.15, -0.1) is 0 Å². The molecule has 2 aliphatic heterocycles. The van der Waals surface area contributed by atoms with Crippen molar-refractivity contribution in [2.75, 3.05) is 18.8 Å². The zero-order chi connectivity index (χ0) is 17.9. The van der Waals surface area contributed by atoms with E-state index in [0.717, 1.165) is 44.2 Å². The molecule has 2 heterocycles. The predicted molar refractivity (Wildman–Crippen MR) is 98.6 cm³/mol. The normalized spacial score (nSPS) is 21.8. The standard InChI is InChI=1S/C19H28N2O3S/c1-2-18-9-5-6-12-21(18)19(22)11-14-25(23,24)20-13-10-16-7-3-4-8-17(16)15-20/h3-4,7-8,18H,2,5-6,9-15H2,1H3. The van der Waals surface area contributed by atoms with Gasteiger partial charge in [0.2, 0.25) is 15.9 Å². The third kappa shape index (κ3) is 4.23. The number of fused-ring (bicyclic) bond motifs is 1. The average Bonchev–Trinajstić information content (AvgIpc) is 2.65. The number of benzene rings is 1. The van der Waals surface area contributed by atoms with Crippen LogP contribution in [0.1, 0.15) is 50.2 Å². The van der Waals surface area contributed by atoms with Gasteiger partial charge in [0.1, 0.15) is 0 Å². The van der Waals surface area contributed by atoms with Crippen molar-refractivity contribution < 1.29 is 13.2 Å². The van der Waals surface area contributed by atoms with Crippen molar-refractivity contribution in [3.05, 3.63) is 35.4 Å². The summed E-state index contributed by atoms with van der Waals surface area (Å²) in [6.07, 6.45) is 5.01. The number of piperidine rings is 1. The van der Waals surface area contributed by atoms with E-state index in [-0.39, 0.29) is 24.1 Å². The molecule has 0 bridgehead atoms. The molecule has 1 unspecified atom stereocenters. The van der Waals surface area contributed by atoms with E-state index in [9.17, 15) is 13.2 Å². The van der Waals surface area contributed by atoms with Crippen LogP contribution in [0.25, 0.3) is 0 Å². The van der Waals surface area contributed by atoms with Crippen LogP contribution in [0.2, 0.25) is 0 Å². The fraction of sp³-hybridized carbons (Fsp3) is 0.632. The van der Waals surface area contributed by atoms with Gasteiger partial charge in [0.15, 0.2) is 0 Å². The Kier molecular flexibility index (Phi) is 5.79. The lowest BCUT2D eigenvalue weighted by atomic mass is 10.00. The molecule has 1 aromatic rings. The van der Waals surface area contributed by atoms with Gasteiger partial charge in [-0.1, -0.05) is 31.2 Å². The van der Waals surface area contributed by atoms with Crippen molar-refractivity contribution in [1.82, 2.24) is 9.21 Å². The molecule has 25 heavy (non-hydrogen) atoms. The molecule has 1 atom stereocenters. The summed E-state index contributed by atoms with van der Waals surface area (Å²) in [7, 11) is -3.40. The maximum atomic E-state index is 12.7. The quantitative estimate of drug-likeness (QED) is 0.807. The summed E-state index contributed by atoms with van der Waals surface area (Å²) in [6.45, 7) is 3.80. The topological polar surface area (TPSA) is 57.7 Å². The van der Waals surface area contributed by atoms with Crippen LogP contribution in [0.3, 0.4) is 0 Å². The van der Waals surface area contributed by atoms with Crippen LogP contribution in [-0.2, 0) is 27.8 Å². The van der Waals surface area contributed by atoms with E-state index in [1.165, 1.54) is 9.87 Å². The monoisotopic (exact) mass is 364 g/mol. The molecule has 2 aliphatic rings. The van der Waals surface area contributed by atoms with Gasteiger partial charge in [-0.3, -0.25) is 4.79 Å². The van der Waals surface area contributed by atoms with Crippen LogP contribution in [0.4, 0.5) is 0 Å². The molecule has 1 fully saturated rings. The summed E-state index contributed by atoms with van der Waals surface area (Å²) in [5.41, 5.74) is 2.30. The Labute approximate surface area is 151 Å². The highest BCUT2D eigenvalue weighted by molar-refractivity contribution is 7.89. The third-order valence-electron chi connectivity index (χ3n) is 5.48. The molecule has 1 aromatic carbocycles. The van der Waals surface area contributed by atoms with Crippen molar-refractivity contribution in [3.63, 3.8) is 0 Å². The summed E-state index contributed by atoms with van der Waals surface area (Å²) in [6, 6.07) is 8.27. The highest BCUT2D eigenvalue weighted by Crippen LogP contribution is 2.23. The van der Waals surface area contributed by atoms with E-state index in [4.69, 9.17) is 0 Å². The van der Waals surface area contributed by atoms with E-state index < -0.39 is 10.0 Å². The first-order valence-corrected chi connectivity index (χ1v) is 11.0. The lowest BCUT2D eigenvalue weighted by Gasteiger charge is -2.35. The number of hydrogen-bond donors (Lipinski definition) is 0. The Morgan fingerprint density at radius 3 is 2.68 bits per heavy atom. The molecule has 6 heteroatoms.